The van der Waals surface area contributed by atoms with Crippen LogP contribution in [0.5, 0.6) is 0 Å². The molecule has 0 amide bonds. The van der Waals surface area contributed by atoms with Gasteiger partial charge in [0.05, 0.1) is 13.7 Å². The summed E-state index contributed by atoms with van der Waals surface area (Å²) in [6.07, 6.45) is 7.33. The number of ether oxygens (including phenoxy) is 1. The molecule has 4 nitrogen and oxygen atoms in total. The fourth-order valence-electron chi connectivity index (χ4n) is 1.99. The van der Waals surface area contributed by atoms with Crippen molar-refractivity contribution in [2.24, 2.45) is 0 Å². The van der Waals surface area contributed by atoms with Gasteiger partial charge in [0.2, 0.25) is 0 Å². The Hall–Kier alpha value is -1.05. The molecule has 1 atom stereocenters. The molecule has 1 N–H and O–H groups in total. The summed E-state index contributed by atoms with van der Waals surface area (Å²) in [5, 5.41) is 3.28. The van der Waals surface area contributed by atoms with Crippen LogP contribution >= 0.6 is 0 Å². The van der Waals surface area contributed by atoms with Crippen LogP contribution in [-0.2, 0) is 9.53 Å². The highest BCUT2D eigenvalue weighted by molar-refractivity contribution is 5.75. The van der Waals surface area contributed by atoms with Crippen molar-refractivity contribution >= 4 is 5.97 Å². The molecule has 1 aliphatic rings. The van der Waals surface area contributed by atoms with Gasteiger partial charge in [0.25, 0.3) is 0 Å². The number of piperidine rings is 1. The van der Waals surface area contributed by atoms with Gasteiger partial charge in [-0.3, -0.25) is 9.69 Å². The maximum atomic E-state index is 11.2. The highest BCUT2D eigenvalue weighted by Crippen LogP contribution is 2.10. The van der Waals surface area contributed by atoms with Gasteiger partial charge in [0, 0.05) is 19.1 Å². The van der Waals surface area contributed by atoms with E-state index in [4.69, 9.17) is 6.42 Å². The number of carbonyl (C=O) groups excluding carboxylic acids is 1. The SMILES string of the molecule is C#CCN1CCC(NC(C)C(=O)OC)CC1. The number of hydrogen-bond acceptors (Lipinski definition) is 4. The number of likely N-dealkylation sites (tertiary alicyclic amines) is 1. The lowest BCUT2D eigenvalue weighted by Crippen LogP contribution is -2.48. The summed E-state index contributed by atoms with van der Waals surface area (Å²) in [7, 11) is 1.41. The van der Waals surface area contributed by atoms with Crippen molar-refractivity contribution in [1.82, 2.24) is 10.2 Å². The Balaban J connectivity index is 2.27. The van der Waals surface area contributed by atoms with E-state index in [0.29, 0.717) is 6.04 Å². The molecule has 1 rings (SSSR count). The second-order valence-corrected chi connectivity index (χ2v) is 4.17. The van der Waals surface area contributed by atoms with Crippen LogP contribution in [0.25, 0.3) is 0 Å². The molecule has 4 heteroatoms. The van der Waals surface area contributed by atoms with E-state index in [1.165, 1.54) is 7.11 Å². The third-order valence-corrected chi connectivity index (χ3v) is 2.94. The molecule has 1 saturated heterocycles. The minimum atomic E-state index is -0.228. The summed E-state index contributed by atoms with van der Waals surface area (Å²) < 4.78 is 4.67. The Morgan fingerprint density at radius 2 is 2.25 bits per heavy atom. The molecule has 1 aliphatic heterocycles. The van der Waals surface area contributed by atoms with Gasteiger partial charge in [-0.15, -0.1) is 6.42 Å². The van der Waals surface area contributed by atoms with Crippen LogP contribution in [0.3, 0.4) is 0 Å². The van der Waals surface area contributed by atoms with Crippen LogP contribution in [-0.4, -0.2) is 49.7 Å². The second-order valence-electron chi connectivity index (χ2n) is 4.17. The van der Waals surface area contributed by atoms with Crippen molar-refractivity contribution in [2.75, 3.05) is 26.7 Å². The Kier molecular flexibility index (Phi) is 5.30. The molecule has 90 valence electrons. The molecule has 0 aromatic carbocycles. The van der Waals surface area contributed by atoms with Crippen molar-refractivity contribution in [3.63, 3.8) is 0 Å². The van der Waals surface area contributed by atoms with Gasteiger partial charge >= 0.3 is 5.97 Å². The third-order valence-electron chi connectivity index (χ3n) is 2.94. The number of carbonyl (C=O) groups is 1. The Morgan fingerprint density at radius 1 is 1.62 bits per heavy atom. The number of hydrogen-bond donors (Lipinski definition) is 1. The van der Waals surface area contributed by atoms with E-state index in [1.807, 2.05) is 6.92 Å². The van der Waals surface area contributed by atoms with E-state index in [0.717, 1.165) is 32.5 Å². The number of nitrogens with one attached hydrogen (secondary N) is 1. The zero-order chi connectivity index (χ0) is 12.0. The number of terminal acetylenes is 1. The predicted molar refractivity (Wildman–Crippen MR) is 62.9 cm³/mol. The minimum absolute atomic E-state index is 0.203. The lowest BCUT2D eigenvalue weighted by atomic mass is 10.0. The van der Waals surface area contributed by atoms with E-state index < -0.39 is 0 Å². The maximum Gasteiger partial charge on any atom is 0.322 e. The zero-order valence-electron chi connectivity index (χ0n) is 10.0. The van der Waals surface area contributed by atoms with E-state index in [2.05, 4.69) is 20.9 Å². The first-order valence-electron chi connectivity index (χ1n) is 5.67. The van der Waals surface area contributed by atoms with Gasteiger partial charge in [-0.1, -0.05) is 5.92 Å². The first kappa shape index (κ1) is 13.0. The second kappa shape index (κ2) is 6.51. The van der Waals surface area contributed by atoms with Crippen LogP contribution in [0.2, 0.25) is 0 Å². The quantitative estimate of drug-likeness (QED) is 0.548. The van der Waals surface area contributed by atoms with Crippen LogP contribution < -0.4 is 5.32 Å². The molecule has 0 saturated carbocycles. The number of methoxy groups -OCH3 is 1. The Labute approximate surface area is 97.3 Å². The molecule has 1 fully saturated rings. The normalized spacial score (nSPS) is 20.1. The molecule has 0 spiro atoms. The molecule has 0 bridgehead atoms. The van der Waals surface area contributed by atoms with Crippen molar-refractivity contribution in [3.8, 4) is 12.3 Å². The summed E-state index contributed by atoms with van der Waals surface area (Å²) in [5.74, 6) is 2.45. The molecule has 16 heavy (non-hydrogen) atoms. The van der Waals surface area contributed by atoms with Crippen LogP contribution in [0.4, 0.5) is 0 Å². The first-order valence-corrected chi connectivity index (χ1v) is 5.67. The summed E-state index contributed by atoms with van der Waals surface area (Å²) in [5.41, 5.74) is 0. The van der Waals surface area contributed by atoms with E-state index in [-0.39, 0.29) is 12.0 Å². The van der Waals surface area contributed by atoms with Crippen LogP contribution in [0, 0.1) is 12.3 Å². The average molecular weight is 224 g/mol. The zero-order valence-corrected chi connectivity index (χ0v) is 10.0. The summed E-state index contributed by atoms with van der Waals surface area (Å²) in [4.78, 5) is 13.5. The molecule has 0 aromatic heterocycles. The van der Waals surface area contributed by atoms with Crippen LogP contribution in [0.1, 0.15) is 19.8 Å². The first-order chi connectivity index (χ1) is 7.67. The summed E-state index contributed by atoms with van der Waals surface area (Å²) in [6.45, 7) is 4.55. The molecular formula is C12H20N2O2. The summed E-state index contributed by atoms with van der Waals surface area (Å²) in [6, 6.07) is 0.164. The van der Waals surface area contributed by atoms with Gasteiger partial charge in [0.15, 0.2) is 0 Å². The Morgan fingerprint density at radius 3 is 2.75 bits per heavy atom. The largest absolute Gasteiger partial charge is 0.468 e. The molecule has 0 aromatic rings. The van der Waals surface area contributed by atoms with Gasteiger partial charge < -0.3 is 10.1 Å². The van der Waals surface area contributed by atoms with Gasteiger partial charge in [-0.05, 0) is 19.8 Å². The number of esters is 1. The van der Waals surface area contributed by atoms with Crippen molar-refractivity contribution in [1.29, 1.82) is 0 Å². The molecular weight excluding hydrogens is 204 g/mol. The standard InChI is InChI=1S/C12H20N2O2/c1-4-7-14-8-5-11(6-9-14)13-10(2)12(15)16-3/h1,10-11,13H,5-9H2,2-3H3. The fraction of sp³-hybridized carbons (Fsp3) is 0.750. The highest BCUT2D eigenvalue weighted by atomic mass is 16.5. The molecule has 0 radical (unpaired) electrons. The molecule has 1 heterocycles. The van der Waals surface area contributed by atoms with Crippen LogP contribution in [0.15, 0.2) is 0 Å². The van der Waals surface area contributed by atoms with Crippen molar-refractivity contribution < 1.29 is 9.53 Å². The van der Waals surface area contributed by atoms with Gasteiger partial charge in [-0.25, -0.2) is 0 Å². The summed E-state index contributed by atoms with van der Waals surface area (Å²) >= 11 is 0. The molecule has 0 aliphatic carbocycles. The van der Waals surface area contributed by atoms with Crippen molar-refractivity contribution in [2.45, 2.75) is 31.8 Å². The van der Waals surface area contributed by atoms with Gasteiger partial charge in [-0.2, -0.15) is 0 Å². The highest BCUT2D eigenvalue weighted by Gasteiger charge is 2.22. The maximum absolute atomic E-state index is 11.2. The van der Waals surface area contributed by atoms with E-state index >= 15 is 0 Å². The van der Waals surface area contributed by atoms with E-state index in [1.54, 1.807) is 0 Å². The van der Waals surface area contributed by atoms with E-state index in [9.17, 15) is 4.79 Å². The van der Waals surface area contributed by atoms with Gasteiger partial charge in [0.1, 0.15) is 6.04 Å². The Bertz CT molecular complexity index is 265. The monoisotopic (exact) mass is 224 g/mol. The van der Waals surface area contributed by atoms with Crippen molar-refractivity contribution in [3.05, 3.63) is 0 Å². The average Bonchev–Trinajstić information content (AvgIpc) is 2.31. The fourth-order valence-corrected chi connectivity index (χ4v) is 1.99. The number of rotatable bonds is 4. The lowest BCUT2D eigenvalue weighted by Gasteiger charge is -2.32. The third kappa shape index (κ3) is 3.84. The topological polar surface area (TPSA) is 41.6 Å². The lowest BCUT2D eigenvalue weighted by molar-refractivity contribution is -0.142. The smallest absolute Gasteiger partial charge is 0.322 e. The molecule has 1 unspecified atom stereocenters. The predicted octanol–water partition coefficient (Wildman–Crippen LogP) is 0.235. The number of nitrogens with zero attached hydrogens (tertiary/aromatic N) is 1. The minimum Gasteiger partial charge on any atom is -0.468 e.